The number of amides is 1. The average Bonchev–Trinajstić information content (AvgIpc) is 3.29. The first-order valence-electron chi connectivity index (χ1n) is 9.28. The van der Waals surface area contributed by atoms with Gasteiger partial charge >= 0.3 is 0 Å². The maximum Gasteiger partial charge on any atom is 0.289 e. The Morgan fingerprint density at radius 2 is 1.83 bits per heavy atom. The summed E-state index contributed by atoms with van der Waals surface area (Å²) in [6.07, 6.45) is 1.58. The summed E-state index contributed by atoms with van der Waals surface area (Å²) in [5, 5.41) is 13.1. The second-order valence-electron chi connectivity index (χ2n) is 6.50. The number of ether oxygens (including phenoxy) is 2. The number of H-pyrrole nitrogens is 1. The minimum atomic E-state index is -0.391. The lowest BCUT2D eigenvalue weighted by Crippen LogP contribution is -2.18. The molecule has 0 fully saturated rings. The molecule has 30 heavy (non-hydrogen) atoms. The predicted molar refractivity (Wildman–Crippen MR) is 116 cm³/mol. The van der Waals surface area contributed by atoms with Crippen molar-refractivity contribution in [2.24, 2.45) is 5.10 Å². The molecule has 4 rings (SSSR count). The van der Waals surface area contributed by atoms with Crippen LogP contribution in [0.2, 0.25) is 0 Å². The monoisotopic (exact) mass is 400 g/mol. The van der Waals surface area contributed by atoms with E-state index in [0.717, 1.165) is 27.6 Å². The first-order chi connectivity index (χ1) is 14.7. The normalized spacial score (nSPS) is 11.0. The number of carbonyl (C=O) groups excluding carboxylic acids is 1. The quantitative estimate of drug-likeness (QED) is 0.378. The number of carbonyl (C=O) groups is 1. The summed E-state index contributed by atoms with van der Waals surface area (Å²) in [6, 6.07) is 20.9. The minimum Gasteiger partial charge on any atom is -0.497 e. The van der Waals surface area contributed by atoms with Crippen LogP contribution in [0.4, 0.5) is 0 Å². The van der Waals surface area contributed by atoms with E-state index in [1.807, 2.05) is 60.7 Å². The van der Waals surface area contributed by atoms with Crippen LogP contribution in [-0.2, 0) is 0 Å². The minimum absolute atomic E-state index is 0.308. The van der Waals surface area contributed by atoms with Crippen molar-refractivity contribution in [2.75, 3.05) is 14.2 Å². The summed E-state index contributed by atoms with van der Waals surface area (Å²) in [4.78, 5) is 12.5. The lowest BCUT2D eigenvalue weighted by atomic mass is 10.0. The lowest BCUT2D eigenvalue weighted by Gasteiger charge is -2.08. The predicted octanol–water partition coefficient (Wildman–Crippen LogP) is 4.01. The van der Waals surface area contributed by atoms with Gasteiger partial charge in [-0.3, -0.25) is 9.89 Å². The highest BCUT2D eigenvalue weighted by Gasteiger charge is 2.11. The second-order valence-corrected chi connectivity index (χ2v) is 6.50. The number of nitrogens with zero attached hydrogens (tertiary/aromatic N) is 2. The Bertz CT molecular complexity index is 1210. The molecule has 0 saturated carbocycles. The van der Waals surface area contributed by atoms with Gasteiger partial charge in [0.2, 0.25) is 0 Å². The molecule has 0 spiro atoms. The number of aromatic amines is 1. The molecule has 7 heteroatoms. The highest BCUT2D eigenvalue weighted by molar-refractivity contribution is 6.03. The molecule has 2 N–H and O–H groups in total. The molecule has 4 aromatic rings. The largest absolute Gasteiger partial charge is 0.497 e. The zero-order valence-electron chi connectivity index (χ0n) is 16.5. The van der Waals surface area contributed by atoms with E-state index in [9.17, 15) is 4.79 Å². The van der Waals surface area contributed by atoms with Gasteiger partial charge in [-0.1, -0.05) is 30.3 Å². The molecule has 7 nitrogen and oxygen atoms in total. The van der Waals surface area contributed by atoms with Gasteiger partial charge in [-0.2, -0.15) is 10.2 Å². The van der Waals surface area contributed by atoms with Crippen LogP contribution in [0.15, 0.2) is 71.8 Å². The fourth-order valence-corrected chi connectivity index (χ4v) is 3.15. The molecule has 0 saturated heterocycles. The number of hydrazone groups is 1. The Morgan fingerprint density at radius 1 is 1.03 bits per heavy atom. The van der Waals surface area contributed by atoms with E-state index in [1.54, 1.807) is 26.5 Å². The fourth-order valence-electron chi connectivity index (χ4n) is 3.15. The Morgan fingerprint density at radius 3 is 2.60 bits per heavy atom. The first-order valence-corrected chi connectivity index (χ1v) is 9.28. The van der Waals surface area contributed by atoms with Crippen LogP contribution in [-0.4, -0.2) is 36.5 Å². The van der Waals surface area contributed by atoms with Crippen molar-refractivity contribution in [2.45, 2.75) is 0 Å². The number of rotatable bonds is 6. The molecule has 0 bridgehead atoms. The maximum absolute atomic E-state index is 12.5. The lowest BCUT2D eigenvalue weighted by molar-refractivity contribution is 0.0950. The molecular weight excluding hydrogens is 380 g/mol. The zero-order valence-corrected chi connectivity index (χ0v) is 16.5. The van der Waals surface area contributed by atoms with E-state index >= 15 is 0 Å². The number of hydrogen-bond acceptors (Lipinski definition) is 5. The number of nitrogens with one attached hydrogen (secondary N) is 2. The first kappa shape index (κ1) is 19.2. The molecular formula is C23H20N4O3. The summed E-state index contributed by atoms with van der Waals surface area (Å²) in [6.45, 7) is 0. The SMILES string of the molecule is COc1ccc(-c2cc(C(=O)NN=Cc3c(OC)ccc4ccccc34)[nH]n2)cc1. The van der Waals surface area contributed by atoms with Gasteiger partial charge in [0.05, 0.1) is 26.1 Å². The topological polar surface area (TPSA) is 88.6 Å². The number of aromatic nitrogens is 2. The van der Waals surface area contributed by atoms with E-state index in [1.165, 1.54) is 0 Å². The van der Waals surface area contributed by atoms with Crippen molar-refractivity contribution in [3.05, 3.63) is 78.0 Å². The van der Waals surface area contributed by atoms with Gasteiger partial charge in [0.25, 0.3) is 5.91 Å². The van der Waals surface area contributed by atoms with Crippen molar-refractivity contribution in [3.63, 3.8) is 0 Å². The van der Waals surface area contributed by atoms with Crippen molar-refractivity contribution in [3.8, 4) is 22.8 Å². The fraction of sp³-hybridized carbons (Fsp3) is 0.0870. The van der Waals surface area contributed by atoms with E-state index in [0.29, 0.717) is 17.1 Å². The highest BCUT2D eigenvalue weighted by Crippen LogP contribution is 2.26. The van der Waals surface area contributed by atoms with E-state index in [-0.39, 0.29) is 0 Å². The molecule has 0 aliphatic heterocycles. The van der Waals surface area contributed by atoms with Crippen molar-refractivity contribution in [1.29, 1.82) is 0 Å². The number of benzene rings is 3. The maximum atomic E-state index is 12.5. The second kappa shape index (κ2) is 8.48. The van der Waals surface area contributed by atoms with Crippen LogP contribution in [0.3, 0.4) is 0 Å². The summed E-state index contributed by atoms with van der Waals surface area (Å²) in [7, 11) is 3.21. The van der Waals surface area contributed by atoms with Gasteiger partial charge < -0.3 is 9.47 Å². The highest BCUT2D eigenvalue weighted by atomic mass is 16.5. The van der Waals surface area contributed by atoms with E-state index in [2.05, 4.69) is 20.7 Å². The van der Waals surface area contributed by atoms with Crippen LogP contribution >= 0.6 is 0 Å². The standard InChI is InChI=1S/C23H20N4O3/c1-29-17-10-7-16(8-11-17)20-13-21(26-25-20)23(28)27-24-14-19-18-6-4-3-5-15(18)9-12-22(19)30-2/h3-14H,1-2H3,(H,25,26)(H,27,28). The molecule has 0 atom stereocenters. The molecule has 1 heterocycles. The third-order valence-corrected chi connectivity index (χ3v) is 4.72. The van der Waals surface area contributed by atoms with Gasteiger partial charge in [-0.25, -0.2) is 5.43 Å². The molecule has 0 aliphatic carbocycles. The van der Waals surface area contributed by atoms with Crippen LogP contribution in [0.1, 0.15) is 16.1 Å². The summed E-state index contributed by atoms with van der Waals surface area (Å²) < 4.78 is 10.6. The molecule has 0 aliphatic rings. The Labute approximate surface area is 173 Å². The van der Waals surface area contributed by atoms with Crippen molar-refractivity contribution < 1.29 is 14.3 Å². The third-order valence-electron chi connectivity index (χ3n) is 4.72. The van der Waals surface area contributed by atoms with Gasteiger partial charge in [0.15, 0.2) is 0 Å². The van der Waals surface area contributed by atoms with Crippen LogP contribution in [0.25, 0.3) is 22.0 Å². The molecule has 0 unspecified atom stereocenters. The molecule has 3 aromatic carbocycles. The van der Waals surface area contributed by atoms with Gasteiger partial charge in [0, 0.05) is 11.1 Å². The number of hydrogen-bond donors (Lipinski definition) is 2. The molecule has 150 valence electrons. The van der Waals surface area contributed by atoms with Crippen LogP contribution in [0.5, 0.6) is 11.5 Å². The molecule has 1 amide bonds. The summed E-state index contributed by atoms with van der Waals surface area (Å²) in [5.74, 6) is 1.04. The van der Waals surface area contributed by atoms with Crippen molar-refractivity contribution in [1.82, 2.24) is 15.6 Å². The molecule has 0 radical (unpaired) electrons. The average molecular weight is 400 g/mol. The zero-order chi connectivity index (χ0) is 20.9. The van der Waals surface area contributed by atoms with Crippen LogP contribution < -0.4 is 14.9 Å². The van der Waals surface area contributed by atoms with Crippen LogP contribution in [0, 0.1) is 0 Å². The van der Waals surface area contributed by atoms with E-state index in [4.69, 9.17) is 9.47 Å². The van der Waals surface area contributed by atoms with Gasteiger partial charge in [-0.15, -0.1) is 0 Å². The van der Waals surface area contributed by atoms with Crippen molar-refractivity contribution >= 4 is 22.9 Å². The summed E-state index contributed by atoms with van der Waals surface area (Å²) in [5.41, 5.74) is 5.16. The number of fused-ring (bicyclic) bond motifs is 1. The molecule has 1 aromatic heterocycles. The van der Waals surface area contributed by atoms with E-state index < -0.39 is 5.91 Å². The Balaban J connectivity index is 1.51. The third kappa shape index (κ3) is 3.86. The Hall–Kier alpha value is -4.13. The summed E-state index contributed by atoms with van der Waals surface area (Å²) >= 11 is 0. The smallest absolute Gasteiger partial charge is 0.289 e. The van der Waals surface area contributed by atoms with Gasteiger partial charge in [0.1, 0.15) is 17.2 Å². The number of methoxy groups -OCH3 is 2. The Kier molecular flexibility index (Phi) is 5.43. The van der Waals surface area contributed by atoms with Gasteiger partial charge in [-0.05, 0) is 47.2 Å².